The molecule has 0 saturated carbocycles. The summed E-state index contributed by atoms with van der Waals surface area (Å²) in [4.78, 5) is 14.6. The Morgan fingerprint density at radius 1 is 1.22 bits per heavy atom. The number of fused-ring (bicyclic) bond motifs is 1. The lowest BCUT2D eigenvalue weighted by Gasteiger charge is -2.32. The number of aliphatic hydroxyl groups excluding tert-OH is 3. The molecule has 3 aliphatic rings. The van der Waals surface area contributed by atoms with Gasteiger partial charge >= 0.3 is 0 Å². The Kier molecular flexibility index (Phi) is 4.44. The number of aliphatic imine (C=N–C) groups is 3. The molecular formula is C17H21N5O5. The van der Waals surface area contributed by atoms with Crippen LogP contribution in [0.15, 0.2) is 39.2 Å². The first-order valence-electron chi connectivity index (χ1n) is 8.55. The third-order valence-corrected chi connectivity index (χ3v) is 4.98. The number of amidine groups is 1. The summed E-state index contributed by atoms with van der Waals surface area (Å²) in [5.41, 5.74) is 6.67. The Bertz CT molecular complexity index is 810. The summed E-state index contributed by atoms with van der Waals surface area (Å²) >= 11 is 0. The molecule has 27 heavy (non-hydrogen) atoms. The molecule has 5 atom stereocenters. The number of aromatic hydroxyl groups is 1. The van der Waals surface area contributed by atoms with Crippen molar-refractivity contribution in [2.75, 3.05) is 13.3 Å². The van der Waals surface area contributed by atoms with Gasteiger partial charge in [-0.15, -0.1) is 0 Å². The van der Waals surface area contributed by atoms with Gasteiger partial charge in [-0.25, -0.2) is 9.98 Å². The van der Waals surface area contributed by atoms with Crippen molar-refractivity contribution in [2.24, 2.45) is 20.7 Å². The SMILES string of the molecule is NC1(Cc2ccc(O)cc2)N=CN=C2C1=NCN2[C@@H]1O[C@H](CO)[C@@H](O)[C@H]1O. The van der Waals surface area contributed by atoms with Gasteiger partial charge in [0.15, 0.2) is 17.7 Å². The molecule has 1 unspecified atom stereocenters. The van der Waals surface area contributed by atoms with Crippen molar-refractivity contribution in [3.05, 3.63) is 29.8 Å². The summed E-state index contributed by atoms with van der Waals surface area (Å²) in [5, 5.41) is 39.0. The summed E-state index contributed by atoms with van der Waals surface area (Å²) in [6, 6.07) is 6.65. The van der Waals surface area contributed by atoms with E-state index in [2.05, 4.69) is 15.0 Å². The van der Waals surface area contributed by atoms with Crippen LogP contribution in [0.25, 0.3) is 0 Å². The summed E-state index contributed by atoms with van der Waals surface area (Å²) < 4.78 is 5.58. The molecule has 0 aromatic heterocycles. The van der Waals surface area contributed by atoms with E-state index in [0.717, 1.165) is 5.56 Å². The summed E-state index contributed by atoms with van der Waals surface area (Å²) in [6.07, 6.45) is -2.53. The fourth-order valence-electron chi connectivity index (χ4n) is 3.53. The first-order valence-corrected chi connectivity index (χ1v) is 8.55. The molecule has 6 N–H and O–H groups in total. The van der Waals surface area contributed by atoms with E-state index in [1.807, 2.05) is 0 Å². The first kappa shape index (κ1) is 18.0. The number of nitrogens with zero attached hydrogens (tertiary/aromatic N) is 4. The minimum atomic E-state index is -1.22. The highest BCUT2D eigenvalue weighted by Crippen LogP contribution is 2.30. The van der Waals surface area contributed by atoms with Gasteiger partial charge < -0.3 is 35.8 Å². The number of hydrogen-bond donors (Lipinski definition) is 5. The lowest BCUT2D eigenvalue weighted by molar-refractivity contribution is -0.0688. The number of phenols is 1. The van der Waals surface area contributed by atoms with Crippen LogP contribution < -0.4 is 5.73 Å². The maximum absolute atomic E-state index is 10.3. The Morgan fingerprint density at radius 2 is 1.96 bits per heavy atom. The van der Waals surface area contributed by atoms with Crippen molar-refractivity contribution >= 4 is 17.9 Å². The monoisotopic (exact) mass is 375 g/mol. The van der Waals surface area contributed by atoms with Gasteiger partial charge in [0.1, 0.15) is 42.8 Å². The number of rotatable bonds is 4. The van der Waals surface area contributed by atoms with E-state index in [1.165, 1.54) is 6.34 Å². The van der Waals surface area contributed by atoms with Crippen LogP contribution in [0, 0.1) is 0 Å². The maximum atomic E-state index is 10.3. The van der Waals surface area contributed by atoms with Crippen LogP contribution in [0.1, 0.15) is 5.56 Å². The Balaban J connectivity index is 1.56. The molecule has 4 rings (SSSR count). The predicted molar refractivity (Wildman–Crippen MR) is 96.6 cm³/mol. The molecule has 1 aromatic rings. The van der Waals surface area contributed by atoms with Crippen molar-refractivity contribution in [3.63, 3.8) is 0 Å². The topological polar surface area (TPSA) is 156 Å². The Labute approximate surface area is 155 Å². The molecule has 0 amide bonds. The van der Waals surface area contributed by atoms with Crippen LogP contribution in [0.4, 0.5) is 0 Å². The highest BCUT2D eigenvalue weighted by atomic mass is 16.6. The van der Waals surface area contributed by atoms with Crippen molar-refractivity contribution < 1.29 is 25.2 Å². The van der Waals surface area contributed by atoms with Crippen molar-refractivity contribution in [3.8, 4) is 5.75 Å². The van der Waals surface area contributed by atoms with E-state index in [0.29, 0.717) is 18.0 Å². The first-order chi connectivity index (χ1) is 12.9. The van der Waals surface area contributed by atoms with Crippen molar-refractivity contribution in [1.29, 1.82) is 0 Å². The average molecular weight is 375 g/mol. The number of hydrogen-bond acceptors (Lipinski definition) is 10. The predicted octanol–water partition coefficient (Wildman–Crippen LogP) is -1.82. The zero-order valence-electron chi connectivity index (χ0n) is 14.4. The molecule has 10 heteroatoms. The number of nitrogens with two attached hydrogens (primary N) is 1. The van der Waals surface area contributed by atoms with E-state index in [4.69, 9.17) is 10.5 Å². The normalized spacial score (nSPS) is 35.2. The second-order valence-electron chi connectivity index (χ2n) is 6.81. The van der Waals surface area contributed by atoms with Gasteiger partial charge in [0, 0.05) is 6.42 Å². The van der Waals surface area contributed by atoms with Crippen LogP contribution in [0.3, 0.4) is 0 Å². The van der Waals surface area contributed by atoms with E-state index in [1.54, 1.807) is 29.2 Å². The van der Waals surface area contributed by atoms with Crippen molar-refractivity contribution in [1.82, 2.24) is 4.90 Å². The largest absolute Gasteiger partial charge is 0.508 e. The smallest absolute Gasteiger partial charge is 0.162 e. The van der Waals surface area contributed by atoms with E-state index < -0.39 is 36.8 Å². The second kappa shape index (κ2) is 6.66. The van der Waals surface area contributed by atoms with E-state index in [9.17, 15) is 20.4 Å². The number of phenolic OH excluding ortho intramolecular Hbond substituents is 1. The molecule has 3 aliphatic heterocycles. The minimum Gasteiger partial charge on any atom is -0.508 e. The van der Waals surface area contributed by atoms with Crippen molar-refractivity contribution in [2.45, 2.75) is 36.6 Å². The zero-order valence-corrected chi connectivity index (χ0v) is 14.4. The molecule has 3 heterocycles. The molecule has 144 valence electrons. The lowest BCUT2D eigenvalue weighted by atomic mass is 9.94. The van der Waals surface area contributed by atoms with E-state index >= 15 is 0 Å². The number of ether oxygens (including phenoxy) is 1. The quantitative estimate of drug-likeness (QED) is 0.415. The molecule has 1 saturated heterocycles. The van der Waals surface area contributed by atoms with Gasteiger partial charge in [0.2, 0.25) is 0 Å². The molecule has 0 bridgehead atoms. The van der Waals surface area contributed by atoms with Crippen LogP contribution in [0.5, 0.6) is 5.75 Å². The Hall–Kier alpha value is -2.37. The minimum absolute atomic E-state index is 0.138. The second-order valence-corrected chi connectivity index (χ2v) is 6.81. The van der Waals surface area contributed by atoms with Gasteiger partial charge in [-0.3, -0.25) is 4.99 Å². The maximum Gasteiger partial charge on any atom is 0.162 e. The molecule has 10 nitrogen and oxygen atoms in total. The van der Waals surface area contributed by atoms with Crippen LogP contribution >= 0.6 is 0 Å². The third-order valence-electron chi connectivity index (χ3n) is 4.98. The molecule has 0 radical (unpaired) electrons. The average Bonchev–Trinajstić information content (AvgIpc) is 3.20. The highest BCUT2D eigenvalue weighted by molar-refractivity contribution is 6.47. The van der Waals surface area contributed by atoms with E-state index in [-0.39, 0.29) is 12.4 Å². The summed E-state index contributed by atoms with van der Waals surface area (Å²) in [5.74, 6) is 0.578. The molecule has 0 spiro atoms. The van der Waals surface area contributed by atoms with Gasteiger partial charge in [0.05, 0.1) is 6.61 Å². The van der Waals surface area contributed by atoms with Gasteiger partial charge in [0.25, 0.3) is 0 Å². The van der Waals surface area contributed by atoms with Gasteiger partial charge in [-0.1, -0.05) is 12.1 Å². The molecule has 1 aromatic carbocycles. The molecular weight excluding hydrogens is 354 g/mol. The van der Waals surface area contributed by atoms with Gasteiger partial charge in [-0.05, 0) is 17.7 Å². The highest BCUT2D eigenvalue weighted by Gasteiger charge is 2.50. The zero-order chi connectivity index (χ0) is 19.2. The Morgan fingerprint density at radius 3 is 2.63 bits per heavy atom. The summed E-state index contributed by atoms with van der Waals surface area (Å²) in [6.45, 7) is -0.273. The van der Waals surface area contributed by atoms with Crippen LogP contribution in [-0.4, -0.2) is 86.7 Å². The van der Waals surface area contributed by atoms with Crippen LogP contribution in [0.2, 0.25) is 0 Å². The number of aliphatic hydroxyl groups is 3. The fraction of sp³-hybridized carbons (Fsp3) is 0.471. The fourth-order valence-corrected chi connectivity index (χ4v) is 3.53. The summed E-state index contributed by atoms with van der Waals surface area (Å²) in [7, 11) is 0. The number of benzene rings is 1. The third kappa shape index (κ3) is 3.01. The van der Waals surface area contributed by atoms with Gasteiger partial charge in [-0.2, -0.15) is 0 Å². The lowest BCUT2D eigenvalue weighted by Crippen LogP contribution is -2.56. The van der Waals surface area contributed by atoms with Crippen LogP contribution in [-0.2, 0) is 11.2 Å². The standard InChI is InChI=1S/C17H21N5O5/c18-17(5-9-1-3-10(24)4-2-9)14-15(19-7-21-17)22(8-20-14)16-13(26)12(25)11(6-23)27-16/h1-4,7,11-13,16,23-26H,5-6,8,18H2/t11-,12-,13-,16-,17?/m1/s1. The molecule has 1 fully saturated rings. The molecule has 0 aliphatic carbocycles.